The minimum atomic E-state index is -0.527. The molecule has 0 spiro atoms. The molecule has 2 aliphatic rings. The van der Waals surface area contributed by atoms with Crippen LogP contribution in [0.25, 0.3) is 0 Å². The highest BCUT2D eigenvalue weighted by Crippen LogP contribution is 2.46. The number of carbonyl (C=O) groups is 2. The first kappa shape index (κ1) is 23.0. The summed E-state index contributed by atoms with van der Waals surface area (Å²) in [7, 11) is 0. The van der Waals surface area contributed by atoms with E-state index in [0.717, 1.165) is 11.3 Å². The first-order chi connectivity index (χ1) is 15.9. The minimum Gasteiger partial charge on any atom is -0.463 e. The van der Waals surface area contributed by atoms with Crippen molar-refractivity contribution in [1.29, 1.82) is 0 Å². The summed E-state index contributed by atoms with van der Waals surface area (Å²) in [4.78, 5) is 30.8. The van der Waals surface area contributed by atoms with Crippen LogP contribution >= 0.6 is 0 Å². The quantitative estimate of drug-likeness (QED) is 0.488. The van der Waals surface area contributed by atoms with Gasteiger partial charge in [0.05, 0.1) is 31.1 Å². The van der Waals surface area contributed by atoms with Gasteiger partial charge >= 0.3 is 5.97 Å². The highest BCUT2D eigenvalue weighted by molar-refractivity contribution is 6.04. The number of pyridine rings is 1. The average molecular weight is 450 g/mol. The van der Waals surface area contributed by atoms with Crippen molar-refractivity contribution in [2.24, 2.45) is 5.41 Å². The van der Waals surface area contributed by atoms with Crippen LogP contribution in [-0.4, -0.2) is 41.1 Å². The number of aromatic nitrogens is 2. The molecule has 1 unspecified atom stereocenters. The summed E-state index contributed by atoms with van der Waals surface area (Å²) in [6, 6.07) is 7.67. The molecule has 3 heterocycles. The van der Waals surface area contributed by atoms with Crippen molar-refractivity contribution in [1.82, 2.24) is 14.9 Å². The molecule has 0 bridgehead atoms. The molecule has 174 valence electrons. The molecule has 0 fully saturated rings. The summed E-state index contributed by atoms with van der Waals surface area (Å²) in [6.45, 7) is 7.62. The Hall–Kier alpha value is -3.19. The molecule has 2 aromatic heterocycles. The number of esters is 1. The van der Waals surface area contributed by atoms with Crippen LogP contribution < -0.4 is 5.32 Å². The Kier molecular flexibility index (Phi) is 6.79. The zero-order chi connectivity index (χ0) is 23.4. The fourth-order valence-electron chi connectivity index (χ4n) is 4.66. The molecule has 33 heavy (non-hydrogen) atoms. The number of carbonyl (C=O) groups excluding carboxylic acids is 2. The lowest BCUT2D eigenvalue weighted by atomic mass is 9.69. The van der Waals surface area contributed by atoms with Crippen molar-refractivity contribution in [3.8, 4) is 0 Å². The van der Waals surface area contributed by atoms with Crippen LogP contribution in [-0.2, 0) is 25.6 Å². The maximum Gasteiger partial charge on any atom is 0.336 e. The number of allylic oxidation sites excluding steroid dienone is 2. The Balaban J connectivity index is 1.70. The number of ether oxygens (including phenoxy) is 2. The summed E-state index contributed by atoms with van der Waals surface area (Å²) < 4.78 is 13.4. The number of nitrogens with one attached hydrogen (secondary N) is 1. The van der Waals surface area contributed by atoms with E-state index in [1.807, 2.05) is 41.2 Å². The molecule has 1 aliphatic carbocycles. The van der Waals surface area contributed by atoms with Crippen molar-refractivity contribution in [2.75, 3.05) is 19.8 Å². The molecule has 0 amide bonds. The van der Waals surface area contributed by atoms with Gasteiger partial charge < -0.3 is 19.4 Å². The van der Waals surface area contributed by atoms with Crippen molar-refractivity contribution < 1.29 is 19.1 Å². The standard InChI is InChI=1S/C26H31N3O4/c1-4-33-25(31)24-20(17-32-13-12-29-10-5-6-11-29)28-19-14-26(2,3)15-21(30)23(19)22(24)18-8-7-9-27-16-18/h5-11,16,22,28H,4,12-15,17H2,1-3H3. The normalized spacial score (nSPS) is 19.8. The fraction of sp³-hybridized carbons (Fsp3) is 0.423. The van der Waals surface area contributed by atoms with Crippen LogP contribution in [0.3, 0.4) is 0 Å². The molecule has 1 aliphatic heterocycles. The lowest BCUT2D eigenvalue weighted by Crippen LogP contribution is -2.40. The van der Waals surface area contributed by atoms with Crippen molar-refractivity contribution in [3.05, 3.63) is 77.2 Å². The third kappa shape index (κ3) is 5.09. The van der Waals surface area contributed by atoms with E-state index in [4.69, 9.17) is 9.47 Å². The Labute approximate surface area is 194 Å². The molecule has 0 aromatic carbocycles. The van der Waals surface area contributed by atoms with E-state index < -0.39 is 11.9 Å². The largest absolute Gasteiger partial charge is 0.463 e. The molecule has 7 nitrogen and oxygen atoms in total. The Morgan fingerprint density at radius 3 is 2.73 bits per heavy atom. The predicted molar refractivity (Wildman–Crippen MR) is 124 cm³/mol. The number of dihydropyridines is 1. The van der Waals surface area contributed by atoms with Gasteiger partial charge in [-0.2, -0.15) is 0 Å². The van der Waals surface area contributed by atoms with E-state index in [1.165, 1.54) is 0 Å². The highest BCUT2D eigenvalue weighted by Gasteiger charge is 2.43. The minimum absolute atomic E-state index is 0.0528. The first-order valence-electron chi connectivity index (χ1n) is 11.4. The summed E-state index contributed by atoms with van der Waals surface area (Å²) in [5.41, 5.74) is 3.22. The van der Waals surface area contributed by atoms with Crippen molar-refractivity contribution in [3.63, 3.8) is 0 Å². The van der Waals surface area contributed by atoms with Gasteiger partial charge in [-0.15, -0.1) is 0 Å². The number of nitrogens with zero attached hydrogens (tertiary/aromatic N) is 2. The van der Waals surface area contributed by atoms with Gasteiger partial charge in [0.1, 0.15) is 0 Å². The van der Waals surface area contributed by atoms with Crippen LogP contribution in [0.15, 0.2) is 71.6 Å². The molecule has 4 rings (SSSR count). The zero-order valence-electron chi connectivity index (χ0n) is 19.5. The predicted octanol–water partition coefficient (Wildman–Crippen LogP) is 3.75. The number of ketones is 1. The number of hydrogen-bond acceptors (Lipinski definition) is 6. The van der Waals surface area contributed by atoms with Crippen LogP contribution in [0.5, 0.6) is 0 Å². The Bertz CT molecular complexity index is 1070. The fourth-order valence-corrected chi connectivity index (χ4v) is 4.66. The van der Waals surface area contributed by atoms with E-state index in [-0.39, 0.29) is 24.4 Å². The highest BCUT2D eigenvalue weighted by atomic mass is 16.5. The van der Waals surface area contributed by atoms with Gasteiger partial charge in [0, 0.05) is 54.9 Å². The third-order valence-electron chi connectivity index (χ3n) is 6.04. The number of rotatable bonds is 8. The molecule has 0 saturated heterocycles. The van der Waals surface area contributed by atoms with Gasteiger partial charge in [-0.1, -0.05) is 19.9 Å². The molecule has 0 saturated carbocycles. The van der Waals surface area contributed by atoms with E-state index in [0.29, 0.717) is 42.8 Å². The Morgan fingerprint density at radius 1 is 1.24 bits per heavy atom. The number of Topliss-reactive ketones (excluding diaryl/α,β-unsaturated/α-hetero) is 1. The van der Waals surface area contributed by atoms with E-state index in [9.17, 15) is 9.59 Å². The van der Waals surface area contributed by atoms with E-state index >= 15 is 0 Å². The van der Waals surface area contributed by atoms with Gasteiger partial charge in [-0.3, -0.25) is 9.78 Å². The second kappa shape index (κ2) is 9.75. The first-order valence-corrected chi connectivity index (χ1v) is 11.4. The second-order valence-electron chi connectivity index (χ2n) is 9.26. The summed E-state index contributed by atoms with van der Waals surface area (Å²) in [5, 5.41) is 3.41. The van der Waals surface area contributed by atoms with Crippen LogP contribution in [0.1, 0.15) is 45.1 Å². The van der Waals surface area contributed by atoms with Crippen LogP contribution in [0, 0.1) is 5.41 Å². The van der Waals surface area contributed by atoms with Crippen LogP contribution in [0.4, 0.5) is 0 Å². The second-order valence-corrected chi connectivity index (χ2v) is 9.26. The zero-order valence-corrected chi connectivity index (χ0v) is 19.5. The van der Waals surface area contributed by atoms with Gasteiger partial charge in [-0.25, -0.2) is 4.79 Å². The van der Waals surface area contributed by atoms with Gasteiger partial charge in [-0.05, 0) is 42.5 Å². The topological polar surface area (TPSA) is 82.5 Å². The van der Waals surface area contributed by atoms with Gasteiger partial charge in [0.15, 0.2) is 5.78 Å². The van der Waals surface area contributed by atoms with E-state index in [1.54, 1.807) is 19.3 Å². The summed E-state index contributed by atoms with van der Waals surface area (Å²) >= 11 is 0. The summed E-state index contributed by atoms with van der Waals surface area (Å²) in [5.74, 6) is -0.912. The average Bonchev–Trinajstić information content (AvgIpc) is 3.29. The molecular formula is C26H31N3O4. The van der Waals surface area contributed by atoms with Crippen molar-refractivity contribution >= 4 is 11.8 Å². The molecule has 1 N–H and O–H groups in total. The third-order valence-corrected chi connectivity index (χ3v) is 6.04. The smallest absolute Gasteiger partial charge is 0.336 e. The van der Waals surface area contributed by atoms with E-state index in [2.05, 4.69) is 24.1 Å². The Morgan fingerprint density at radius 2 is 2.03 bits per heavy atom. The van der Waals surface area contributed by atoms with Crippen molar-refractivity contribution in [2.45, 2.75) is 46.1 Å². The molecular weight excluding hydrogens is 418 g/mol. The lowest BCUT2D eigenvalue weighted by molar-refractivity contribution is -0.139. The molecule has 1 atom stereocenters. The monoisotopic (exact) mass is 449 g/mol. The SMILES string of the molecule is CCOC(=O)C1=C(COCCn2cccc2)NC2=C(C(=O)CC(C)(C)C2)C1c1cccnc1. The molecule has 2 aromatic rings. The number of hydrogen-bond donors (Lipinski definition) is 1. The summed E-state index contributed by atoms with van der Waals surface area (Å²) in [6.07, 6.45) is 8.52. The maximum absolute atomic E-state index is 13.3. The van der Waals surface area contributed by atoms with Gasteiger partial charge in [0.25, 0.3) is 0 Å². The van der Waals surface area contributed by atoms with Gasteiger partial charge in [0.2, 0.25) is 0 Å². The molecule has 0 radical (unpaired) electrons. The molecule has 7 heteroatoms. The maximum atomic E-state index is 13.3. The lowest BCUT2D eigenvalue weighted by Gasteiger charge is -2.39. The van der Waals surface area contributed by atoms with Crippen LogP contribution in [0.2, 0.25) is 0 Å².